The van der Waals surface area contributed by atoms with Gasteiger partial charge in [0.25, 0.3) is 5.91 Å². The van der Waals surface area contributed by atoms with Gasteiger partial charge in [0.2, 0.25) is 5.88 Å². The fourth-order valence-corrected chi connectivity index (χ4v) is 2.81. The van der Waals surface area contributed by atoms with Gasteiger partial charge in [0, 0.05) is 12.1 Å². The summed E-state index contributed by atoms with van der Waals surface area (Å²) >= 11 is 0.777. The lowest BCUT2D eigenvalue weighted by Gasteiger charge is -2.08. The van der Waals surface area contributed by atoms with Crippen LogP contribution in [0.25, 0.3) is 0 Å². The fraction of sp³-hybridized carbons (Fsp3) is 0.312. The van der Waals surface area contributed by atoms with E-state index in [1.54, 1.807) is 0 Å². The number of hydrogen-bond acceptors (Lipinski definition) is 6. The lowest BCUT2D eigenvalue weighted by atomic mass is 10.1. The van der Waals surface area contributed by atoms with Crippen LogP contribution in [0, 0.1) is 18.6 Å². The molecule has 0 aliphatic carbocycles. The zero-order valence-corrected chi connectivity index (χ0v) is 15.3. The number of aryl methyl sites for hydroxylation is 1. The molecule has 11 heteroatoms. The van der Waals surface area contributed by atoms with Gasteiger partial charge in [-0.05, 0) is 49.1 Å². The summed E-state index contributed by atoms with van der Waals surface area (Å²) in [6.07, 6.45) is 0.589. The number of amides is 3. The molecule has 0 unspecified atom stereocenters. The molecule has 27 heavy (non-hydrogen) atoms. The van der Waals surface area contributed by atoms with Crippen LogP contribution >= 0.6 is 11.5 Å². The second-order valence-electron chi connectivity index (χ2n) is 5.56. The number of halogens is 2. The summed E-state index contributed by atoms with van der Waals surface area (Å²) in [5.41, 5.74) is 10.6. The molecule has 3 amide bonds. The first-order chi connectivity index (χ1) is 12.8. The average Bonchev–Trinajstić information content (AvgIpc) is 3.00. The first kappa shape index (κ1) is 20.5. The lowest BCUT2D eigenvalue weighted by Crippen LogP contribution is -2.31. The summed E-state index contributed by atoms with van der Waals surface area (Å²) < 4.78 is 36.7. The zero-order chi connectivity index (χ0) is 20.0. The third kappa shape index (κ3) is 5.34. The minimum absolute atomic E-state index is 0.0458. The molecular weight excluding hydrogens is 380 g/mol. The van der Waals surface area contributed by atoms with Crippen LogP contribution in [0.3, 0.4) is 0 Å². The number of rotatable bonds is 8. The SMILES string of the molecule is Cc1cc(F)c(COc2nsc(NC(=O)NCCCN)c2C(N)=O)cc1F. The molecule has 1 heterocycles. The molecular formula is C16H19F2N5O3S. The van der Waals surface area contributed by atoms with Gasteiger partial charge in [-0.25, -0.2) is 13.6 Å². The molecule has 1 aromatic carbocycles. The predicted octanol–water partition coefficient (Wildman–Crippen LogP) is 1.88. The predicted molar refractivity (Wildman–Crippen MR) is 96.8 cm³/mol. The highest BCUT2D eigenvalue weighted by molar-refractivity contribution is 7.11. The van der Waals surface area contributed by atoms with Crippen molar-refractivity contribution >= 4 is 28.5 Å². The third-order valence-corrected chi connectivity index (χ3v) is 4.24. The Morgan fingerprint density at radius 1 is 1.30 bits per heavy atom. The maximum atomic E-state index is 13.9. The van der Waals surface area contributed by atoms with Gasteiger partial charge in [-0.2, -0.15) is 4.37 Å². The molecule has 8 nitrogen and oxygen atoms in total. The Morgan fingerprint density at radius 3 is 2.70 bits per heavy atom. The van der Waals surface area contributed by atoms with Gasteiger partial charge in [0.1, 0.15) is 28.8 Å². The van der Waals surface area contributed by atoms with Crippen LogP contribution in [0.4, 0.5) is 18.6 Å². The number of carbonyl (C=O) groups is 2. The number of ether oxygens (including phenoxy) is 1. The van der Waals surface area contributed by atoms with E-state index in [4.69, 9.17) is 16.2 Å². The molecule has 0 radical (unpaired) electrons. The Balaban J connectivity index is 2.11. The number of carbonyl (C=O) groups excluding carboxylic acids is 2. The second kappa shape index (κ2) is 9.24. The first-order valence-corrected chi connectivity index (χ1v) is 8.72. The number of urea groups is 1. The summed E-state index contributed by atoms with van der Waals surface area (Å²) in [6.45, 7) is 1.84. The summed E-state index contributed by atoms with van der Waals surface area (Å²) in [7, 11) is 0. The molecule has 0 aliphatic heterocycles. The van der Waals surface area contributed by atoms with E-state index in [2.05, 4.69) is 15.0 Å². The molecule has 0 spiro atoms. The highest BCUT2D eigenvalue weighted by Crippen LogP contribution is 2.31. The first-order valence-electron chi connectivity index (χ1n) is 7.95. The van der Waals surface area contributed by atoms with Crippen LogP contribution in [0.2, 0.25) is 0 Å². The standard InChI is InChI=1S/C16H19F2N5O3S/c1-8-5-11(18)9(6-10(8)17)7-26-14-12(13(20)24)15(27-23-14)22-16(25)21-4-2-3-19/h5-6H,2-4,7,19H2,1H3,(H2,20,24)(H2,21,22,25). The number of nitrogens with one attached hydrogen (secondary N) is 2. The summed E-state index contributed by atoms with van der Waals surface area (Å²) in [4.78, 5) is 23.5. The average molecular weight is 399 g/mol. The molecule has 2 aromatic rings. The van der Waals surface area contributed by atoms with E-state index in [-0.39, 0.29) is 34.2 Å². The molecule has 146 valence electrons. The highest BCUT2D eigenvalue weighted by Gasteiger charge is 2.22. The van der Waals surface area contributed by atoms with Crippen molar-refractivity contribution in [1.82, 2.24) is 9.69 Å². The third-order valence-electron chi connectivity index (χ3n) is 3.49. The number of primary amides is 1. The molecule has 0 saturated carbocycles. The van der Waals surface area contributed by atoms with Gasteiger partial charge < -0.3 is 21.5 Å². The van der Waals surface area contributed by atoms with Crippen LogP contribution in [0.5, 0.6) is 5.88 Å². The minimum atomic E-state index is -0.883. The maximum Gasteiger partial charge on any atom is 0.319 e. The van der Waals surface area contributed by atoms with E-state index in [9.17, 15) is 18.4 Å². The number of hydrogen-bond donors (Lipinski definition) is 4. The Bertz CT molecular complexity index is 844. The van der Waals surface area contributed by atoms with Crippen molar-refractivity contribution in [2.45, 2.75) is 20.0 Å². The van der Waals surface area contributed by atoms with Crippen molar-refractivity contribution in [2.24, 2.45) is 11.5 Å². The number of benzene rings is 1. The molecule has 1 aromatic heterocycles. The van der Waals surface area contributed by atoms with Gasteiger partial charge >= 0.3 is 6.03 Å². The van der Waals surface area contributed by atoms with Crippen LogP contribution in [-0.4, -0.2) is 29.4 Å². The van der Waals surface area contributed by atoms with Gasteiger partial charge in [-0.15, -0.1) is 0 Å². The van der Waals surface area contributed by atoms with Gasteiger partial charge in [-0.3, -0.25) is 10.1 Å². The zero-order valence-electron chi connectivity index (χ0n) is 14.5. The van der Waals surface area contributed by atoms with Gasteiger partial charge in [0.05, 0.1) is 0 Å². The number of nitrogens with zero attached hydrogens (tertiary/aromatic N) is 1. The van der Waals surface area contributed by atoms with E-state index >= 15 is 0 Å². The van der Waals surface area contributed by atoms with E-state index in [0.717, 1.165) is 23.7 Å². The Hall–Kier alpha value is -2.79. The van der Waals surface area contributed by atoms with Gasteiger partial charge in [-0.1, -0.05) is 0 Å². The molecule has 6 N–H and O–H groups in total. The van der Waals surface area contributed by atoms with Crippen molar-refractivity contribution < 1.29 is 23.1 Å². The van der Waals surface area contributed by atoms with Crippen molar-refractivity contribution in [3.05, 3.63) is 40.5 Å². The van der Waals surface area contributed by atoms with Crippen LogP contribution in [0.15, 0.2) is 12.1 Å². The normalized spacial score (nSPS) is 10.5. The quantitative estimate of drug-likeness (QED) is 0.503. The maximum absolute atomic E-state index is 13.9. The van der Waals surface area contributed by atoms with Crippen molar-refractivity contribution in [2.75, 3.05) is 18.4 Å². The van der Waals surface area contributed by atoms with E-state index in [0.29, 0.717) is 19.5 Å². The fourth-order valence-electron chi connectivity index (χ4n) is 2.07. The van der Waals surface area contributed by atoms with Gasteiger partial charge in [0.15, 0.2) is 0 Å². The largest absolute Gasteiger partial charge is 0.471 e. The molecule has 0 atom stereocenters. The summed E-state index contributed by atoms with van der Waals surface area (Å²) in [5.74, 6) is -2.29. The topological polar surface area (TPSA) is 132 Å². The van der Waals surface area contributed by atoms with E-state index in [1.807, 2.05) is 0 Å². The molecule has 2 rings (SSSR count). The van der Waals surface area contributed by atoms with E-state index < -0.39 is 23.6 Å². The summed E-state index contributed by atoms with van der Waals surface area (Å²) in [6, 6.07) is 1.49. The molecule has 0 saturated heterocycles. The Morgan fingerprint density at radius 2 is 2.04 bits per heavy atom. The smallest absolute Gasteiger partial charge is 0.319 e. The van der Waals surface area contributed by atoms with Crippen molar-refractivity contribution in [3.8, 4) is 5.88 Å². The second-order valence-corrected chi connectivity index (χ2v) is 6.33. The number of nitrogens with two attached hydrogens (primary N) is 2. The van der Waals surface area contributed by atoms with Crippen molar-refractivity contribution in [3.63, 3.8) is 0 Å². The van der Waals surface area contributed by atoms with Crippen LogP contribution in [0.1, 0.15) is 27.9 Å². The van der Waals surface area contributed by atoms with Crippen LogP contribution < -0.4 is 26.8 Å². The monoisotopic (exact) mass is 399 g/mol. The highest BCUT2D eigenvalue weighted by atomic mass is 32.1. The Kier molecular flexibility index (Phi) is 7.02. The lowest BCUT2D eigenvalue weighted by molar-refractivity contribution is 0.0996. The van der Waals surface area contributed by atoms with Crippen molar-refractivity contribution in [1.29, 1.82) is 0 Å². The molecule has 0 aliphatic rings. The van der Waals surface area contributed by atoms with Crippen LogP contribution in [-0.2, 0) is 6.61 Å². The van der Waals surface area contributed by atoms with E-state index in [1.165, 1.54) is 6.92 Å². The number of anilines is 1. The summed E-state index contributed by atoms with van der Waals surface area (Å²) in [5, 5.41) is 5.08. The molecule has 0 bridgehead atoms. The minimum Gasteiger partial charge on any atom is -0.471 e. The Labute approximate surface area is 158 Å². The number of aromatic nitrogens is 1. The molecule has 0 fully saturated rings.